The predicted octanol–water partition coefficient (Wildman–Crippen LogP) is 2.49. The fourth-order valence-electron chi connectivity index (χ4n) is 2.93. The van der Waals surface area contributed by atoms with Gasteiger partial charge in [-0.05, 0) is 19.1 Å². The lowest BCUT2D eigenvalue weighted by Gasteiger charge is -2.29. The van der Waals surface area contributed by atoms with Crippen LogP contribution in [0.4, 0.5) is 14.6 Å². The van der Waals surface area contributed by atoms with Gasteiger partial charge in [0, 0.05) is 18.5 Å². The fourth-order valence-corrected chi connectivity index (χ4v) is 2.93. The Kier molecular flexibility index (Phi) is 3.17. The number of fused-ring (bicyclic) bond motifs is 2. The molecule has 3 heterocycles. The van der Waals surface area contributed by atoms with Gasteiger partial charge >= 0.3 is 0 Å². The van der Waals surface area contributed by atoms with Crippen molar-refractivity contribution in [2.45, 2.75) is 26.4 Å². The van der Waals surface area contributed by atoms with Gasteiger partial charge in [0.2, 0.25) is 0 Å². The smallest absolute Gasteiger partial charge is 0.297 e. The molecule has 0 amide bonds. The van der Waals surface area contributed by atoms with Gasteiger partial charge in [0.15, 0.2) is 11.6 Å². The maximum Gasteiger partial charge on any atom is 0.297 e. The highest BCUT2D eigenvalue weighted by atomic mass is 19.3. The predicted molar refractivity (Wildman–Crippen MR) is 80.3 cm³/mol. The number of anilines is 1. The highest BCUT2D eigenvalue weighted by Gasteiger charge is 2.26. The zero-order chi connectivity index (χ0) is 16.0. The van der Waals surface area contributed by atoms with E-state index in [0.29, 0.717) is 25.5 Å². The first kappa shape index (κ1) is 14.0. The first-order chi connectivity index (χ1) is 11.1. The molecule has 8 heteroatoms. The quantitative estimate of drug-likeness (QED) is 0.727. The highest BCUT2D eigenvalue weighted by molar-refractivity contribution is 5.89. The number of hydrogen-bond acceptors (Lipinski definition) is 5. The molecular formula is C15H14F2N6. The molecule has 118 valence electrons. The van der Waals surface area contributed by atoms with Crippen LogP contribution in [0.3, 0.4) is 0 Å². The third-order valence-corrected chi connectivity index (χ3v) is 4.05. The molecule has 0 saturated heterocycles. The molecule has 0 unspecified atom stereocenters. The van der Waals surface area contributed by atoms with Crippen molar-refractivity contribution in [1.82, 2.24) is 24.7 Å². The van der Waals surface area contributed by atoms with Gasteiger partial charge in [-0.15, -0.1) is 10.2 Å². The Morgan fingerprint density at radius 2 is 2.00 bits per heavy atom. The van der Waals surface area contributed by atoms with Crippen LogP contribution in [0.5, 0.6) is 0 Å². The Balaban J connectivity index is 1.74. The van der Waals surface area contributed by atoms with E-state index in [4.69, 9.17) is 0 Å². The molecule has 0 bridgehead atoms. The second-order valence-corrected chi connectivity index (χ2v) is 5.57. The van der Waals surface area contributed by atoms with E-state index in [1.54, 1.807) is 0 Å². The van der Waals surface area contributed by atoms with Crippen LogP contribution in [0.2, 0.25) is 0 Å². The van der Waals surface area contributed by atoms with Crippen LogP contribution in [0.15, 0.2) is 24.5 Å². The Morgan fingerprint density at radius 3 is 2.83 bits per heavy atom. The van der Waals surface area contributed by atoms with Crippen LogP contribution in [-0.4, -0.2) is 31.3 Å². The van der Waals surface area contributed by atoms with Crippen LogP contribution >= 0.6 is 0 Å². The average molecular weight is 316 g/mol. The minimum atomic E-state index is -2.61. The molecule has 6 nitrogen and oxygen atoms in total. The standard InChI is InChI=1S/C15H14F2N6/c1-9-2-3-11-10(6-9)14(19-8-18-11)22-4-5-23-12(7-22)20-21-15(23)13(16)17/h2-3,6,8,13H,4-5,7H2,1H3. The van der Waals surface area contributed by atoms with Gasteiger partial charge in [-0.2, -0.15) is 0 Å². The highest BCUT2D eigenvalue weighted by Crippen LogP contribution is 2.28. The van der Waals surface area contributed by atoms with Crippen molar-refractivity contribution in [3.8, 4) is 0 Å². The van der Waals surface area contributed by atoms with Crippen molar-refractivity contribution in [2.24, 2.45) is 0 Å². The number of aromatic nitrogens is 5. The zero-order valence-corrected chi connectivity index (χ0v) is 12.4. The van der Waals surface area contributed by atoms with E-state index in [-0.39, 0.29) is 5.82 Å². The van der Waals surface area contributed by atoms with Gasteiger partial charge in [-0.1, -0.05) is 11.6 Å². The molecule has 0 N–H and O–H groups in total. The monoisotopic (exact) mass is 316 g/mol. The lowest BCUT2D eigenvalue weighted by atomic mass is 10.1. The van der Waals surface area contributed by atoms with Gasteiger partial charge < -0.3 is 9.47 Å². The van der Waals surface area contributed by atoms with Crippen molar-refractivity contribution < 1.29 is 8.78 Å². The molecule has 23 heavy (non-hydrogen) atoms. The first-order valence-corrected chi connectivity index (χ1v) is 7.30. The van der Waals surface area contributed by atoms with E-state index in [1.165, 1.54) is 10.9 Å². The molecule has 4 rings (SSSR count). The van der Waals surface area contributed by atoms with E-state index in [2.05, 4.69) is 20.2 Å². The molecular weight excluding hydrogens is 302 g/mol. The summed E-state index contributed by atoms with van der Waals surface area (Å²) in [4.78, 5) is 10.7. The molecule has 0 spiro atoms. The van der Waals surface area contributed by atoms with Crippen LogP contribution in [0, 0.1) is 6.92 Å². The lowest BCUT2D eigenvalue weighted by Crippen LogP contribution is -2.35. The largest absolute Gasteiger partial charge is 0.347 e. The van der Waals surface area contributed by atoms with Gasteiger partial charge in [-0.25, -0.2) is 18.7 Å². The molecule has 1 aromatic carbocycles. The number of nitrogens with zero attached hydrogens (tertiary/aromatic N) is 6. The maximum atomic E-state index is 12.9. The molecule has 1 aliphatic heterocycles. The van der Waals surface area contributed by atoms with Crippen molar-refractivity contribution in [2.75, 3.05) is 11.4 Å². The zero-order valence-electron chi connectivity index (χ0n) is 12.4. The summed E-state index contributed by atoms with van der Waals surface area (Å²) in [7, 11) is 0. The Morgan fingerprint density at radius 1 is 1.13 bits per heavy atom. The SMILES string of the molecule is Cc1ccc2ncnc(N3CCn4c(nnc4C(F)F)C3)c2c1. The maximum absolute atomic E-state index is 12.9. The van der Waals surface area contributed by atoms with E-state index in [0.717, 1.165) is 22.3 Å². The Labute approximate surface area is 130 Å². The Bertz CT molecular complexity index is 876. The van der Waals surface area contributed by atoms with Crippen LogP contribution in [0.25, 0.3) is 10.9 Å². The van der Waals surface area contributed by atoms with Crippen molar-refractivity contribution >= 4 is 16.7 Å². The lowest BCUT2D eigenvalue weighted by molar-refractivity contribution is 0.134. The number of alkyl halides is 2. The number of hydrogen-bond donors (Lipinski definition) is 0. The van der Waals surface area contributed by atoms with Gasteiger partial charge in [0.05, 0.1) is 12.1 Å². The fraction of sp³-hybridized carbons (Fsp3) is 0.333. The first-order valence-electron chi connectivity index (χ1n) is 7.30. The Hall–Kier alpha value is -2.64. The van der Waals surface area contributed by atoms with Gasteiger partial charge in [-0.3, -0.25) is 0 Å². The molecule has 0 aliphatic carbocycles. The minimum Gasteiger partial charge on any atom is -0.347 e. The minimum absolute atomic E-state index is 0.261. The summed E-state index contributed by atoms with van der Waals surface area (Å²) >= 11 is 0. The van der Waals surface area contributed by atoms with Crippen molar-refractivity contribution in [3.63, 3.8) is 0 Å². The number of rotatable bonds is 2. The number of aryl methyl sites for hydroxylation is 1. The molecule has 0 atom stereocenters. The summed E-state index contributed by atoms with van der Waals surface area (Å²) in [5.41, 5.74) is 1.98. The van der Waals surface area contributed by atoms with Gasteiger partial charge in [0.25, 0.3) is 6.43 Å². The topological polar surface area (TPSA) is 59.7 Å². The second kappa shape index (κ2) is 5.22. The van der Waals surface area contributed by atoms with Crippen molar-refractivity contribution in [3.05, 3.63) is 41.7 Å². The number of benzene rings is 1. The van der Waals surface area contributed by atoms with Crippen LogP contribution in [0.1, 0.15) is 23.6 Å². The summed E-state index contributed by atoms with van der Waals surface area (Å²) in [5, 5.41) is 8.46. The third-order valence-electron chi connectivity index (χ3n) is 4.05. The van der Waals surface area contributed by atoms with E-state index in [9.17, 15) is 8.78 Å². The normalized spacial score (nSPS) is 14.5. The van der Waals surface area contributed by atoms with E-state index < -0.39 is 6.43 Å². The summed E-state index contributed by atoms with van der Waals surface area (Å²) in [5.74, 6) is 1.07. The van der Waals surface area contributed by atoms with Crippen LogP contribution in [-0.2, 0) is 13.1 Å². The summed E-state index contributed by atoms with van der Waals surface area (Å²) in [6.45, 7) is 3.40. The van der Waals surface area contributed by atoms with E-state index >= 15 is 0 Å². The molecule has 0 radical (unpaired) electrons. The summed E-state index contributed by atoms with van der Waals surface area (Å²) in [6.07, 6.45) is -1.08. The second-order valence-electron chi connectivity index (χ2n) is 5.57. The third kappa shape index (κ3) is 2.30. The average Bonchev–Trinajstić information content (AvgIpc) is 2.97. The molecule has 2 aromatic heterocycles. The molecule has 0 saturated carbocycles. The molecule has 1 aliphatic rings. The summed E-state index contributed by atoms with van der Waals surface area (Å²) < 4.78 is 27.3. The van der Waals surface area contributed by atoms with Crippen LogP contribution < -0.4 is 4.90 Å². The summed E-state index contributed by atoms with van der Waals surface area (Å²) in [6, 6.07) is 5.99. The van der Waals surface area contributed by atoms with Gasteiger partial charge in [0.1, 0.15) is 12.1 Å². The van der Waals surface area contributed by atoms with Crippen molar-refractivity contribution in [1.29, 1.82) is 0 Å². The molecule has 0 fully saturated rings. The molecule has 3 aromatic rings. The number of halogens is 2. The van der Waals surface area contributed by atoms with E-state index in [1.807, 2.05) is 30.0 Å².